The van der Waals surface area contributed by atoms with Crippen molar-refractivity contribution < 1.29 is 13.0 Å². The molecule has 12 heavy (non-hydrogen) atoms. The van der Waals surface area contributed by atoms with Crippen molar-refractivity contribution in [3.63, 3.8) is 0 Å². The molecule has 1 radical (unpaired) electrons. The topological polar surface area (TPSA) is 54.4 Å². The van der Waals surface area contributed by atoms with E-state index in [1.54, 1.807) is 12.1 Å². The fourth-order valence-corrected chi connectivity index (χ4v) is 2.12. The molecule has 0 aliphatic carbocycles. The number of benzene rings is 1. The van der Waals surface area contributed by atoms with Gasteiger partial charge in [0.15, 0.2) is 0 Å². The van der Waals surface area contributed by atoms with Crippen molar-refractivity contribution in [1.82, 2.24) is 0 Å². The van der Waals surface area contributed by atoms with E-state index >= 15 is 0 Å². The average molecular weight is 260 g/mol. The van der Waals surface area contributed by atoms with Gasteiger partial charge in [-0.25, -0.2) is 0 Å². The molecule has 0 spiro atoms. The normalized spacial score (nSPS) is 10.5. The first-order valence-corrected chi connectivity index (χ1v) is 4.97. The summed E-state index contributed by atoms with van der Waals surface area (Å²) in [6, 6.07) is 6.06. The zero-order chi connectivity index (χ0) is 8.48. The summed E-state index contributed by atoms with van der Waals surface area (Å²) in [7, 11) is -4.08. The minimum Gasteiger partial charge on any atom is -0.282 e. The van der Waals surface area contributed by atoms with Crippen molar-refractivity contribution >= 4 is 55.6 Å². The molecular formula is C6H5BrNaO3S. The van der Waals surface area contributed by atoms with Crippen LogP contribution in [0.5, 0.6) is 0 Å². The monoisotopic (exact) mass is 259 g/mol. The second-order valence-corrected chi connectivity index (χ2v) is 4.15. The van der Waals surface area contributed by atoms with E-state index in [4.69, 9.17) is 4.55 Å². The summed E-state index contributed by atoms with van der Waals surface area (Å²) in [6.07, 6.45) is 0. The van der Waals surface area contributed by atoms with Crippen LogP contribution in [-0.2, 0) is 10.1 Å². The summed E-state index contributed by atoms with van der Waals surface area (Å²) in [4.78, 5) is -0.111. The van der Waals surface area contributed by atoms with Gasteiger partial charge in [-0.05, 0) is 28.1 Å². The molecule has 0 saturated heterocycles. The number of halogens is 1. The molecule has 0 amide bonds. The Morgan fingerprint density at radius 1 is 1.25 bits per heavy atom. The zero-order valence-corrected chi connectivity index (χ0v) is 10.8. The molecule has 0 fully saturated rings. The average Bonchev–Trinajstić information content (AvgIpc) is 1.86. The third-order valence-electron chi connectivity index (χ3n) is 1.11. The van der Waals surface area contributed by atoms with Gasteiger partial charge in [0.05, 0.1) is 0 Å². The molecule has 0 aliphatic heterocycles. The van der Waals surface area contributed by atoms with Crippen LogP contribution >= 0.6 is 15.9 Å². The van der Waals surface area contributed by atoms with Crippen molar-refractivity contribution in [1.29, 1.82) is 0 Å². The molecule has 0 aliphatic rings. The van der Waals surface area contributed by atoms with Gasteiger partial charge in [0.25, 0.3) is 10.1 Å². The van der Waals surface area contributed by atoms with Crippen LogP contribution in [0.25, 0.3) is 0 Å². The van der Waals surface area contributed by atoms with Crippen molar-refractivity contribution in [3.8, 4) is 0 Å². The van der Waals surface area contributed by atoms with Crippen LogP contribution in [0, 0.1) is 0 Å². The van der Waals surface area contributed by atoms with Crippen molar-refractivity contribution in [3.05, 3.63) is 28.7 Å². The van der Waals surface area contributed by atoms with Gasteiger partial charge in [0.2, 0.25) is 0 Å². The van der Waals surface area contributed by atoms with Crippen LogP contribution in [0.3, 0.4) is 0 Å². The standard InChI is InChI=1S/C6H5BrO3S.Na/c7-5-3-1-2-4-6(5)11(8,9)10;/h1-4H,(H,8,9,10);. The van der Waals surface area contributed by atoms with Crippen LogP contribution in [-0.4, -0.2) is 42.5 Å². The third-order valence-corrected chi connectivity index (χ3v) is 2.98. The maximum Gasteiger partial charge on any atom is 0.295 e. The van der Waals surface area contributed by atoms with Gasteiger partial charge in [-0.2, -0.15) is 8.42 Å². The van der Waals surface area contributed by atoms with Crippen LogP contribution in [0.15, 0.2) is 33.6 Å². The fraction of sp³-hybridized carbons (Fsp3) is 0. The predicted molar refractivity (Wildman–Crippen MR) is 49.7 cm³/mol. The van der Waals surface area contributed by atoms with E-state index < -0.39 is 10.1 Å². The second kappa shape index (κ2) is 4.74. The summed E-state index contributed by atoms with van der Waals surface area (Å²) in [5.74, 6) is 0. The Hall–Kier alpha value is 0.610. The first-order valence-electron chi connectivity index (χ1n) is 2.74. The molecule has 0 heterocycles. The fourth-order valence-electron chi connectivity index (χ4n) is 0.654. The van der Waals surface area contributed by atoms with E-state index in [0.29, 0.717) is 4.47 Å². The van der Waals surface area contributed by atoms with Crippen LogP contribution in [0.2, 0.25) is 0 Å². The number of hydrogen-bond donors (Lipinski definition) is 1. The first-order chi connectivity index (χ1) is 5.02. The molecule has 1 aromatic carbocycles. The van der Waals surface area contributed by atoms with Gasteiger partial charge in [0, 0.05) is 34.0 Å². The second-order valence-electron chi connectivity index (χ2n) is 1.91. The molecule has 0 aromatic heterocycles. The minimum atomic E-state index is -4.08. The Balaban J connectivity index is 0.00000121. The third kappa shape index (κ3) is 3.16. The molecule has 0 saturated carbocycles. The maximum atomic E-state index is 10.6. The molecule has 6 heteroatoms. The summed E-state index contributed by atoms with van der Waals surface area (Å²) in [5.41, 5.74) is 0. The van der Waals surface area contributed by atoms with Gasteiger partial charge in [-0.15, -0.1) is 0 Å². The Kier molecular flexibility index (Phi) is 4.98. The molecule has 0 bridgehead atoms. The Morgan fingerprint density at radius 3 is 2.08 bits per heavy atom. The van der Waals surface area contributed by atoms with Crippen molar-refractivity contribution in [2.24, 2.45) is 0 Å². The Labute approximate surface area is 101 Å². The van der Waals surface area contributed by atoms with E-state index in [1.807, 2.05) is 0 Å². The summed E-state index contributed by atoms with van der Waals surface area (Å²) in [6.45, 7) is 0. The quantitative estimate of drug-likeness (QED) is 0.612. The van der Waals surface area contributed by atoms with E-state index in [9.17, 15) is 8.42 Å². The molecule has 0 atom stereocenters. The number of rotatable bonds is 1. The molecule has 1 aromatic rings. The maximum absolute atomic E-state index is 10.6. The van der Waals surface area contributed by atoms with E-state index in [2.05, 4.69) is 15.9 Å². The van der Waals surface area contributed by atoms with E-state index in [1.165, 1.54) is 12.1 Å². The van der Waals surface area contributed by atoms with Crippen molar-refractivity contribution in [2.45, 2.75) is 4.90 Å². The smallest absolute Gasteiger partial charge is 0.282 e. The largest absolute Gasteiger partial charge is 0.295 e. The Morgan fingerprint density at radius 2 is 1.75 bits per heavy atom. The van der Waals surface area contributed by atoms with E-state index in [0.717, 1.165) is 0 Å². The van der Waals surface area contributed by atoms with Gasteiger partial charge in [-0.3, -0.25) is 4.55 Å². The summed E-state index contributed by atoms with van der Waals surface area (Å²) in [5, 5.41) is 0. The number of hydrogen-bond acceptors (Lipinski definition) is 2. The Bertz CT molecular complexity index is 363. The van der Waals surface area contributed by atoms with E-state index in [-0.39, 0.29) is 34.5 Å². The molecule has 3 nitrogen and oxygen atoms in total. The molecule has 1 rings (SSSR count). The molecule has 0 unspecified atom stereocenters. The molecule has 1 N–H and O–H groups in total. The first kappa shape index (κ1) is 12.6. The van der Waals surface area contributed by atoms with Gasteiger partial charge in [0.1, 0.15) is 4.90 Å². The summed E-state index contributed by atoms with van der Waals surface area (Å²) >= 11 is 2.99. The van der Waals surface area contributed by atoms with Gasteiger partial charge >= 0.3 is 0 Å². The van der Waals surface area contributed by atoms with Gasteiger partial charge < -0.3 is 0 Å². The van der Waals surface area contributed by atoms with Crippen LogP contribution < -0.4 is 0 Å². The zero-order valence-electron chi connectivity index (χ0n) is 6.36. The van der Waals surface area contributed by atoms with Crippen molar-refractivity contribution in [2.75, 3.05) is 0 Å². The SMILES string of the molecule is O=S(=O)(O)c1ccccc1Br.[Na]. The minimum absolute atomic E-state index is 0. The molecular weight excluding hydrogens is 255 g/mol. The summed E-state index contributed by atoms with van der Waals surface area (Å²) < 4.78 is 30.1. The molecule has 61 valence electrons. The van der Waals surface area contributed by atoms with Crippen LogP contribution in [0.4, 0.5) is 0 Å². The van der Waals surface area contributed by atoms with Gasteiger partial charge in [-0.1, -0.05) is 12.1 Å². The predicted octanol–water partition coefficient (Wildman–Crippen LogP) is 1.32. The van der Waals surface area contributed by atoms with Crippen LogP contribution in [0.1, 0.15) is 0 Å².